The van der Waals surface area contributed by atoms with Crippen LogP contribution in [0.25, 0.3) is 0 Å². The van der Waals surface area contributed by atoms with E-state index in [-0.39, 0.29) is 5.54 Å². The van der Waals surface area contributed by atoms with Crippen LogP contribution in [-0.4, -0.2) is 28.2 Å². The van der Waals surface area contributed by atoms with Crippen molar-refractivity contribution in [1.82, 2.24) is 4.90 Å². The van der Waals surface area contributed by atoms with Gasteiger partial charge in [0.2, 0.25) is 0 Å². The fourth-order valence-corrected chi connectivity index (χ4v) is 2.41. The van der Waals surface area contributed by atoms with Crippen molar-refractivity contribution < 1.29 is 9.90 Å². The van der Waals surface area contributed by atoms with Crippen molar-refractivity contribution >= 4 is 6.09 Å². The predicted octanol–water partition coefficient (Wildman–Crippen LogP) is 2.57. The number of carbonyl (C=O) groups is 1. The van der Waals surface area contributed by atoms with Gasteiger partial charge in [0, 0.05) is 18.5 Å². The monoisotopic (exact) mass is 209 g/mol. The van der Waals surface area contributed by atoms with Gasteiger partial charge in [-0.25, -0.2) is 4.79 Å². The molecule has 0 aliphatic carbocycles. The smallest absolute Gasteiger partial charge is 0.407 e. The van der Waals surface area contributed by atoms with E-state index in [2.05, 4.69) is 5.92 Å². The van der Waals surface area contributed by atoms with E-state index in [1.54, 1.807) is 4.90 Å². The highest BCUT2D eigenvalue weighted by molar-refractivity contribution is 5.66. The van der Waals surface area contributed by atoms with Crippen LogP contribution >= 0.6 is 0 Å². The largest absolute Gasteiger partial charge is 0.465 e. The molecule has 1 aliphatic rings. The van der Waals surface area contributed by atoms with E-state index in [0.717, 1.165) is 25.7 Å². The molecule has 1 fully saturated rings. The fraction of sp³-hybridized carbons (Fsp3) is 0.750. The highest BCUT2D eigenvalue weighted by atomic mass is 16.4. The van der Waals surface area contributed by atoms with Crippen LogP contribution in [0.1, 0.15) is 39.5 Å². The zero-order valence-corrected chi connectivity index (χ0v) is 9.49. The number of carboxylic acid groups (broad SMARTS) is 1. The number of hydrogen-bond acceptors (Lipinski definition) is 1. The minimum Gasteiger partial charge on any atom is -0.465 e. The average Bonchev–Trinajstić information content (AvgIpc) is 2.41. The van der Waals surface area contributed by atoms with Gasteiger partial charge in [0.15, 0.2) is 0 Å². The van der Waals surface area contributed by atoms with Gasteiger partial charge in [-0.15, -0.1) is 12.3 Å². The molecular formula is C12H19NO2. The van der Waals surface area contributed by atoms with E-state index in [1.165, 1.54) is 0 Å². The van der Waals surface area contributed by atoms with Gasteiger partial charge in [-0.3, -0.25) is 0 Å². The molecule has 0 aromatic heterocycles. The molecule has 0 aromatic rings. The molecule has 3 heteroatoms. The molecule has 1 amide bonds. The molecule has 0 spiro atoms. The minimum absolute atomic E-state index is 0.216. The third kappa shape index (κ3) is 2.89. The van der Waals surface area contributed by atoms with Crippen molar-refractivity contribution in [3.63, 3.8) is 0 Å². The van der Waals surface area contributed by atoms with Crippen molar-refractivity contribution in [3.05, 3.63) is 0 Å². The number of amides is 1. The molecule has 1 aliphatic heterocycles. The molecule has 1 N–H and O–H groups in total. The molecule has 1 rings (SSSR count). The summed E-state index contributed by atoms with van der Waals surface area (Å²) in [5.74, 6) is 3.09. The summed E-state index contributed by atoms with van der Waals surface area (Å²) < 4.78 is 0. The fourth-order valence-electron chi connectivity index (χ4n) is 2.41. The second kappa shape index (κ2) is 4.57. The number of hydrogen-bond donors (Lipinski definition) is 1. The number of rotatable bonds is 3. The number of likely N-dealkylation sites (tertiary alicyclic amines) is 1. The van der Waals surface area contributed by atoms with Crippen LogP contribution in [-0.2, 0) is 0 Å². The Morgan fingerprint density at radius 2 is 2.33 bits per heavy atom. The molecule has 1 unspecified atom stereocenters. The average molecular weight is 209 g/mol. The second-order valence-corrected chi connectivity index (χ2v) is 4.87. The van der Waals surface area contributed by atoms with E-state index < -0.39 is 6.09 Å². The lowest BCUT2D eigenvalue weighted by Crippen LogP contribution is -2.41. The van der Waals surface area contributed by atoms with Gasteiger partial charge in [-0.1, -0.05) is 0 Å². The Kier molecular flexibility index (Phi) is 3.62. The van der Waals surface area contributed by atoms with Crippen LogP contribution in [0.5, 0.6) is 0 Å². The van der Waals surface area contributed by atoms with Gasteiger partial charge < -0.3 is 10.0 Å². The van der Waals surface area contributed by atoms with Crippen molar-refractivity contribution in [2.45, 2.75) is 45.1 Å². The van der Waals surface area contributed by atoms with Crippen molar-refractivity contribution in [3.8, 4) is 12.3 Å². The Bertz CT molecular complexity index is 278. The highest BCUT2D eigenvalue weighted by Gasteiger charge is 2.40. The summed E-state index contributed by atoms with van der Waals surface area (Å²) in [5.41, 5.74) is -0.216. The lowest BCUT2D eigenvalue weighted by atomic mass is 9.93. The summed E-state index contributed by atoms with van der Waals surface area (Å²) in [4.78, 5) is 12.5. The molecule has 1 atom stereocenters. The van der Waals surface area contributed by atoms with Gasteiger partial charge in [-0.2, -0.15) is 0 Å². The van der Waals surface area contributed by atoms with Gasteiger partial charge >= 0.3 is 6.09 Å². The minimum atomic E-state index is -0.806. The topological polar surface area (TPSA) is 40.5 Å². The van der Waals surface area contributed by atoms with Crippen LogP contribution in [0.2, 0.25) is 0 Å². The van der Waals surface area contributed by atoms with E-state index >= 15 is 0 Å². The Morgan fingerprint density at radius 1 is 1.67 bits per heavy atom. The summed E-state index contributed by atoms with van der Waals surface area (Å²) >= 11 is 0. The predicted molar refractivity (Wildman–Crippen MR) is 59.6 cm³/mol. The van der Waals surface area contributed by atoms with E-state index in [9.17, 15) is 4.79 Å². The molecular weight excluding hydrogens is 190 g/mol. The molecule has 3 nitrogen and oxygen atoms in total. The van der Waals surface area contributed by atoms with Gasteiger partial charge in [0.05, 0.1) is 0 Å². The van der Waals surface area contributed by atoms with Crippen molar-refractivity contribution in [2.24, 2.45) is 5.92 Å². The maximum absolute atomic E-state index is 11.0. The highest BCUT2D eigenvalue weighted by Crippen LogP contribution is 2.34. The van der Waals surface area contributed by atoms with Gasteiger partial charge in [-0.05, 0) is 39.0 Å². The van der Waals surface area contributed by atoms with Gasteiger partial charge in [0.1, 0.15) is 0 Å². The standard InChI is InChI=1S/C12H19NO2/c1-4-5-6-7-10-8-12(2,3)13(9-10)11(14)15/h1,10H,5-9H2,2-3H3,(H,14,15). The third-order valence-corrected chi connectivity index (χ3v) is 3.12. The van der Waals surface area contributed by atoms with Crippen LogP contribution in [0.3, 0.4) is 0 Å². The zero-order valence-electron chi connectivity index (χ0n) is 9.49. The molecule has 1 saturated heterocycles. The van der Waals surface area contributed by atoms with Crippen LogP contribution < -0.4 is 0 Å². The van der Waals surface area contributed by atoms with Crippen LogP contribution in [0.15, 0.2) is 0 Å². The van der Waals surface area contributed by atoms with Crippen LogP contribution in [0.4, 0.5) is 4.79 Å². The number of unbranched alkanes of at least 4 members (excludes halogenated alkanes) is 1. The molecule has 0 bridgehead atoms. The summed E-state index contributed by atoms with van der Waals surface area (Å²) in [6, 6.07) is 0. The molecule has 0 radical (unpaired) electrons. The summed E-state index contributed by atoms with van der Waals surface area (Å²) in [6.07, 6.45) is 8.17. The zero-order chi connectivity index (χ0) is 11.5. The summed E-state index contributed by atoms with van der Waals surface area (Å²) in [5, 5.41) is 9.03. The van der Waals surface area contributed by atoms with E-state index in [0.29, 0.717) is 12.5 Å². The van der Waals surface area contributed by atoms with Gasteiger partial charge in [0.25, 0.3) is 0 Å². The Morgan fingerprint density at radius 3 is 2.80 bits per heavy atom. The molecule has 1 heterocycles. The molecule has 0 saturated carbocycles. The van der Waals surface area contributed by atoms with E-state index in [1.807, 2.05) is 13.8 Å². The van der Waals surface area contributed by atoms with E-state index in [4.69, 9.17) is 11.5 Å². The van der Waals surface area contributed by atoms with Crippen molar-refractivity contribution in [2.75, 3.05) is 6.54 Å². The first-order valence-electron chi connectivity index (χ1n) is 5.41. The van der Waals surface area contributed by atoms with Crippen LogP contribution in [0, 0.1) is 18.3 Å². The Labute approximate surface area is 91.5 Å². The molecule has 0 aromatic carbocycles. The SMILES string of the molecule is C#CCCCC1CN(C(=O)O)C(C)(C)C1. The maximum Gasteiger partial charge on any atom is 0.407 e. The third-order valence-electron chi connectivity index (χ3n) is 3.12. The summed E-state index contributed by atoms with van der Waals surface area (Å²) in [7, 11) is 0. The Hall–Kier alpha value is -1.17. The maximum atomic E-state index is 11.0. The Balaban J connectivity index is 2.48. The first-order valence-corrected chi connectivity index (χ1v) is 5.41. The number of nitrogens with zero attached hydrogens (tertiary/aromatic N) is 1. The lowest BCUT2D eigenvalue weighted by Gasteiger charge is -2.28. The second-order valence-electron chi connectivity index (χ2n) is 4.87. The first kappa shape index (κ1) is 11.9. The lowest BCUT2D eigenvalue weighted by molar-refractivity contribution is 0.117. The normalized spacial score (nSPS) is 23.8. The molecule has 15 heavy (non-hydrogen) atoms. The van der Waals surface area contributed by atoms with Crippen molar-refractivity contribution in [1.29, 1.82) is 0 Å². The number of terminal acetylenes is 1. The quantitative estimate of drug-likeness (QED) is 0.573. The first-order chi connectivity index (χ1) is 6.97. The molecule has 84 valence electrons. The summed E-state index contributed by atoms with van der Waals surface area (Å²) in [6.45, 7) is 4.64.